The molecule has 3 N–H and O–H groups in total. The summed E-state index contributed by atoms with van der Waals surface area (Å²) in [6.07, 6.45) is 0. The number of nitrogen functional groups attached to an aromatic ring is 1. The average Bonchev–Trinajstić information content (AvgIpc) is 2.48. The largest absolute Gasteiger partial charge is 0.383 e. The molecule has 7 heteroatoms. The molecule has 0 unspecified atom stereocenters. The van der Waals surface area contributed by atoms with Gasteiger partial charge in [-0.1, -0.05) is 18.2 Å². The van der Waals surface area contributed by atoms with Crippen LogP contribution in [0.2, 0.25) is 0 Å². The van der Waals surface area contributed by atoms with Gasteiger partial charge >= 0.3 is 0 Å². The van der Waals surface area contributed by atoms with E-state index in [0.717, 1.165) is 0 Å². The van der Waals surface area contributed by atoms with Gasteiger partial charge in [-0.2, -0.15) is 0 Å². The Hall–Kier alpha value is -2.41. The van der Waals surface area contributed by atoms with E-state index < -0.39 is 11.5 Å². The van der Waals surface area contributed by atoms with E-state index in [-0.39, 0.29) is 16.3 Å². The Kier molecular flexibility index (Phi) is 3.71. The fraction of sp³-hybridized carbons (Fsp3) is 0.154. The van der Waals surface area contributed by atoms with Crippen LogP contribution >= 0.6 is 12.2 Å². The lowest BCUT2D eigenvalue weighted by molar-refractivity contribution is 0.102. The molecule has 6 nitrogen and oxygen atoms in total. The molecule has 0 aliphatic rings. The number of anilines is 2. The molecule has 1 aromatic heterocycles. The second kappa shape index (κ2) is 5.30. The molecule has 2 aromatic rings. The summed E-state index contributed by atoms with van der Waals surface area (Å²) in [5.74, 6) is -0.270. The van der Waals surface area contributed by atoms with Crippen LogP contribution in [0.15, 0.2) is 35.1 Å². The number of benzene rings is 1. The zero-order valence-electron chi connectivity index (χ0n) is 11.1. The lowest BCUT2D eigenvalue weighted by atomic mass is 10.2. The number of carbonyl (C=O) groups excluding carboxylic acids is 1. The van der Waals surface area contributed by atoms with Gasteiger partial charge in [-0.25, -0.2) is 0 Å². The molecule has 20 heavy (non-hydrogen) atoms. The van der Waals surface area contributed by atoms with Crippen LogP contribution in [0.3, 0.4) is 0 Å². The Bertz CT molecular complexity index is 777. The van der Waals surface area contributed by atoms with Crippen LogP contribution in [0.25, 0.3) is 0 Å². The number of hydrogen-bond acceptors (Lipinski definition) is 4. The van der Waals surface area contributed by atoms with E-state index in [9.17, 15) is 9.59 Å². The highest BCUT2D eigenvalue weighted by molar-refractivity contribution is 7.71. The minimum Gasteiger partial charge on any atom is -0.383 e. The minimum atomic E-state index is -0.435. The molecule has 104 valence electrons. The van der Waals surface area contributed by atoms with E-state index in [1.807, 2.05) is 0 Å². The van der Waals surface area contributed by atoms with Gasteiger partial charge in [0, 0.05) is 19.7 Å². The summed E-state index contributed by atoms with van der Waals surface area (Å²) in [4.78, 5) is 24.2. The van der Waals surface area contributed by atoms with E-state index in [2.05, 4.69) is 5.32 Å². The molecule has 0 bridgehead atoms. The first-order chi connectivity index (χ1) is 9.43. The lowest BCUT2D eigenvalue weighted by Gasteiger charge is -2.13. The molecule has 0 aliphatic carbocycles. The number of rotatable bonds is 2. The third kappa shape index (κ3) is 2.35. The molecule has 1 amide bonds. The topological polar surface area (TPSA) is 82.1 Å². The fourth-order valence-electron chi connectivity index (χ4n) is 1.75. The van der Waals surface area contributed by atoms with Crippen molar-refractivity contribution in [3.05, 3.63) is 51.0 Å². The van der Waals surface area contributed by atoms with Gasteiger partial charge in [0.2, 0.25) is 0 Å². The molecule has 0 saturated heterocycles. The second-order valence-corrected chi connectivity index (χ2v) is 4.65. The molecular formula is C13H14N4O2S. The summed E-state index contributed by atoms with van der Waals surface area (Å²) >= 11 is 5.07. The molecule has 2 rings (SSSR count). The van der Waals surface area contributed by atoms with E-state index in [4.69, 9.17) is 18.0 Å². The molecule has 0 aliphatic heterocycles. The molecule has 0 fully saturated rings. The van der Waals surface area contributed by atoms with Gasteiger partial charge in [0.15, 0.2) is 4.77 Å². The van der Waals surface area contributed by atoms with E-state index in [1.165, 1.54) is 16.2 Å². The third-order valence-electron chi connectivity index (χ3n) is 2.98. The maximum absolute atomic E-state index is 12.1. The van der Waals surface area contributed by atoms with E-state index >= 15 is 0 Å². The fourth-order valence-corrected chi connectivity index (χ4v) is 1.93. The highest BCUT2D eigenvalue weighted by atomic mass is 32.1. The predicted molar refractivity (Wildman–Crippen MR) is 80.3 cm³/mol. The summed E-state index contributed by atoms with van der Waals surface area (Å²) in [5, 5.41) is 2.54. The number of aromatic nitrogens is 2. The van der Waals surface area contributed by atoms with Crippen LogP contribution in [-0.4, -0.2) is 15.0 Å². The highest BCUT2D eigenvalue weighted by Gasteiger charge is 2.15. The van der Waals surface area contributed by atoms with Gasteiger partial charge in [-0.3, -0.25) is 14.2 Å². The van der Waals surface area contributed by atoms with Crippen LogP contribution in [0.4, 0.5) is 11.5 Å². The van der Waals surface area contributed by atoms with Crippen LogP contribution in [-0.2, 0) is 14.1 Å². The summed E-state index contributed by atoms with van der Waals surface area (Å²) in [5.41, 5.74) is 5.88. The summed E-state index contributed by atoms with van der Waals surface area (Å²) in [7, 11) is 3.16. The number of carbonyl (C=O) groups is 1. The minimum absolute atomic E-state index is 0.0254. The Labute approximate surface area is 120 Å². The van der Waals surface area contributed by atoms with Crippen molar-refractivity contribution in [2.24, 2.45) is 14.1 Å². The molecule has 0 radical (unpaired) electrons. The number of nitrogens with two attached hydrogens (primary N) is 1. The van der Waals surface area contributed by atoms with Crippen molar-refractivity contribution in [1.82, 2.24) is 9.13 Å². The maximum Gasteiger partial charge on any atom is 0.280 e. The normalized spacial score (nSPS) is 10.3. The van der Waals surface area contributed by atoms with Crippen molar-refractivity contribution < 1.29 is 4.79 Å². The number of nitrogens with one attached hydrogen (secondary N) is 1. The van der Waals surface area contributed by atoms with Crippen LogP contribution in [0.5, 0.6) is 0 Å². The number of hydrogen-bond donors (Lipinski definition) is 2. The molecule has 0 atom stereocenters. The van der Waals surface area contributed by atoms with Crippen molar-refractivity contribution in [2.45, 2.75) is 0 Å². The first kappa shape index (κ1) is 14.0. The zero-order chi connectivity index (χ0) is 14.9. The van der Waals surface area contributed by atoms with Crippen molar-refractivity contribution >= 4 is 29.6 Å². The molecule has 0 spiro atoms. The monoisotopic (exact) mass is 290 g/mol. The molecule has 0 saturated carbocycles. The molecule has 1 heterocycles. The van der Waals surface area contributed by atoms with Crippen LogP contribution < -0.4 is 16.6 Å². The van der Waals surface area contributed by atoms with Crippen LogP contribution in [0.1, 0.15) is 10.4 Å². The quantitative estimate of drug-likeness (QED) is 0.816. The van der Waals surface area contributed by atoms with Crippen molar-refractivity contribution in [3.8, 4) is 0 Å². The summed E-state index contributed by atoms with van der Waals surface area (Å²) in [6.45, 7) is 0. The van der Waals surface area contributed by atoms with Crippen LogP contribution in [0, 0.1) is 4.77 Å². The third-order valence-corrected chi connectivity index (χ3v) is 3.53. The van der Waals surface area contributed by atoms with Crippen molar-refractivity contribution in [2.75, 3.05) is 11.1 Å². The molecule has 1 aromatic carbocycles. The van der Waals surface area contributed by atoms with Gasteiger partial charge in [-0.15, -0.1) is 0 Å². The Morgan fingerprint density at radius 3 is 2.40 bits per heavy atom. The Morgan fingerprint density at radius 1 is 1.20 bits per heavy atom. The standard InChI is InChI=1S/C13H14N4O2S/c1-16-10(14)9(12(19)17(2)13(16)20)15-11(18)8-6-4-3-5-7-8/h3-7H,14H2,1-2H3,(H,15,18). The molecular weight excluding hydrogens is 276 g/mol. The van der Waals surface area contributed by atoms with Gasteiger partial charge in [0.25, 0.3) is 11.5 Å². The van der Waals surface area contributed by atoms with Crippen molar-refractivity contribution in [3.63, 3.8) is 0 Å². The second-order valence-electron chi connectivity index (χ2n) is 4.29. The highest BCUT2D eigenvalue weighted by Crippen LogP contribution is 2.13. The van der Waals surface area contributed by atoms with Gasteiger partial charge < -0.3 is 15.6 Å². The summed E-state index contributed by atoms with van der Waals surface area (Å²) in [6, 6.07) is 8.58. The van der Waals surface area contributed by atoms with Gasteiger partial charge in [0.05, 0.1) is 0 Å². The first-order valence-corrected chi connectivity index (χ1v) is 6.26. The smallest absolute Gasteiger partial charge is 0.280 e. The van der Waals surface area contributed by atoms with E-state index in [0.29, 0.717) is 5.56 Å². The zero-order valence-corrected chi connectivity index (χ0v) is 11.9. The van der Waals surface area contributed by atoms with Gasteiger partial charge in [-0.05, 0) is 24.4 Å². The first-order valence-electron chi connectivity index (χ1n) is 5.85. The number of nitrogens with zero attached hydrogens (tertiary/aromatic N) is 2. The lowest BCUT2D eigenvalue weighted by Crippen LogP contribution is -2.29. The maximum atomic E-state index is 12.1. The summed E-state index contributed by atoms with van der Waals surface area (Å²) < 4.78 is 3.01. The number of amides is 1. The Morgan fingerprint density at radius 2 is 1.80 bits per heavy atom. The predicted octanol–water partition coefficient (Wildman–Crippen LogP) is 1.29. The SMILES string of the molecule is Cn1c(N)c(NC(=O)c2ccccc2)c(=O)n(C)c1=S. The van der Waals surface area contributed by atoms with E-state index in [1.54, 1.807) is 37.4 Å². The Balaban J connectivity index is 2.48. The van der Waals surface area contributed by atoms with Gasteiger partial charge in [0.1, 0.15) is 11.5 Å². The van der Waals surface area contributed by atoms with Crippen molar-refractivity contribution in [1.29, 1.82) is 0 Å². The average molecular weight is 290 g/mol.